The Balaban J connectivity index is 1.54. The van der Waals surface area contributed by atoms with Crippen molar-refractivity contribution in [3.63, 3.8) is 0 Å². The summed E-state index contributed by atoms with van der Waals surface area (Å²) in [5, 5.41) is 5.54. The lowest BCUT2D eigenvalue weighted by Gasteiger charge is -2.33. The summed E-state index contributed by atoms with van der Waals surface area (Å²) < 4.78 is 38.1. The second-order valence-corrected chi connectivity index (χ2v) is 6.54. The summed E-state index contributed by atoms with van der Waals surface area (Å²) in [4.78, 5) is 21.6. The number of anilines is 2. The molecular weight excluding hydrogens is 383 g/mol. The van der Waals surface area contributed by atoms with Crippen molar-refractivity contribution < 1.29 is 18.0 Å². The Morgan fingerprint density at radius 1 is 1.26 bits per heavy atom. The molecule has 0 atom stereocenters. The second kappa shape index (κ2) is 7.99. The van der Waals surface area contributed by atoms with Gasteiger partial charge in [0.25, 0.3) is 0 Å². The Morgan fingerprint density at radius 2 is 2.00 bits per heavy atom. The van der Waals surface area contributed by atoms with Gasteiger partial charge in [-0.3, -0.25) is 4.98 Å². The SMILES string of the molecule is O=C(Nc1cccnc1)NC1CCN(c2ncc(C(F)(F)F)cc2Cl)CC1. The van der Waals surface area contributed by atoms with E-state index in [0.717, 1.165) is 12.3 Å². The van der Waals surface area contributed by atoms with Crippen LogP contribution in [-0.4, -0.2) is 35.1 Å². The molecule has 0 unspecified atom stereocenters. The molecule has 27 heavy (non-hydrogen) atoms. The highest BCUT2D eigenvalue weighted by Crippen LogP contribution is 2.34. The number of alkyl halides is 3. The summed E-state index contributed by atoms with van der Waals surface area (Å²) in [5.41, 5.74) is -0.284. The maximum Gasteiger partial charge on any atom is 0.417 e. The lowest BCUT2D eigenvalue weighted by atomic mass is 10.1. The highest BCUT2D eigenvalue weighted by Gasteiger charge is 2.32. The Labute approximate surface area is 158 Å². The van der Waals surface area contributed by atoms with Crippen molar-refractivity contribution in [3.8, 4) is 0 Å². The van der Waals surface area contributed by atoms with Crippen molar-refractivity contribution in [1.82, 2.24) is 15.3 Å². The predicted molar refractivity (Wildman–Crippen MR) is 95.9 cm³/mol. The number of aromatic nitrogens is 2. The van der Waals surface area contributed by atoms with Gasteiger partial charge < -0.3 is 15.5 Å². The van der Waals surface area contributed by atoms with Gasteiger partial charge in [0.05, 0.1) is 22.5 Å². The van der Waals surface area contributed by atoms with Gasteiger partial charge in [-0.05, 0) is 31.0 Å². The number of rotatable bonds is 3. The maximum absolute atomic E-state index is 12.7. The van der Waals surface area contributed by atoms with Gasteiger partial charge in [-0.25, -0.2) is 9.78 Å². The van der Waals surface area contributed by atoms with E-state index in [1.54, 1.807) is 24.5 Å². The molecule has 3 rings (SSSR count). The van der Waals surface area contributed by atoms with Crippen LogP contribution in [0.1, 0.15) is 18.4 Å². The number of piperidine rings is 1. The molecule has 0 aromatic carbocycles. The number of hydrogen-bond donors (Lipinski definition) is 2. The predicted octanol–water partition coefficient (Wildman–Crippen LogP) is 3.94. The molecule has 1 aliphatic heterocycles. The molecule has 0 aliphatic carbocycles. The van der Waals surface area contributed by atoms with Crippen LogP contribution in [0, 0.1) is 0 Å². The highest BCUT2D eigenvalue weighted by molar-refractivity contribution is 6.33. The fourth-order valence-electron chi connectivity index (χ4n) is 2.84. The van der Waals surface area contributed by atoms with E-state index in [9.17, 15) is 18.0 Å². The molecule has 1 saturated heterocycles. The molecule has 10 heteroatoms. The number of pyridine rings is 2. The largest absolute Gasteiger partial charge is 0.417 e. The number of halogens is 4. The van der Waals surface area contributed by atoms with Crippen LogP contribution in [0.2, 0.25) is 5.02 Å². The van der Waals surface area contributed by atoms with E-state index in [2.05, 4.69) is 20.6 Å². The fraction of sp³-hybridized carbons (Fsp3) is 0.353. The molecule has 1 fully saturated rings. The minimum absolute atomic E-state index is 0.0365. The average molecular weight is 400 g/mol. The zero-order valence-corrected chi connectivity index (χ0v) is 14.9. The molecule has 0 bridgehead atoms. The minimum Gasteiger partial charge on any atom is -0.355 e. The molecule has 144 valence electrons. The molecule has 2 amide bonds. The first-order valence-corrected chi connectivity index (χ1v) is 8.66. The first-order chi connectivity index (χ1) is 12.8. The minimum atomic E-state index is -4.48. The molecule has 0 saturated carbocycles. The number of amides is 2. The molecule has 2 N–H and O–H groups in total. The number of hydrogen-bond acceptors (Lipinski definition) is 4. The maximum atomic E-state index is 12.7. The standard InChI is InChI=1S/C17H17ClF3N5O/c18-14-8-11(17(19,20)21)9-23-15(14)26-6-3-12(4-7-26)24-16(27)25-13-2-1-5-22-10-13/h1-2,5,8-10,12H,3-4,6-7H2,(H2,24,25,27). The topological polar surface area (TPSA) is 70.2 Å². The van der Waals surface area contributed by atoms with Crippen molar-refractivity contribution in [3.05, 3.63) is 47.4 Å². The fourth-order valence-corrected chi connectivity index (χ4v) is 3.13. The molecule has 3 heterocycles. The third-order valence-corrected chi connectivity index (χ3v) is 4.48. The molecule has 6 nitrogen and oxygen atoms in total. The normalized spacial score (nSPS) is 15.5. The lowest BCUT2D eigenvalue weighted by Crippen LogP contribution is -2.46. The summed E-state index contributed by atoms with van der Waals surface area (Å²) in [6.45, 7) is 1.05. The van der Waals surface area contributed by atoms with Crippen molar-refractivity contribution >= 4 is 29.1 Å². The van der Waals surface area contributed by atoms with Crippen LogP contribution in [0.5, 0.6) is 0 Å². The van der Waals surface area contributed by atoms with Gasteiger partial charge in [0.2, 0.25) is 0 Å². The summed E-state index contributed by atoms with van der Waals surface area (Å²) in [7, 11) is 0. The van der Waals surface area contributed by atoms with Crippen LogP contribution in [-0.2, 0) is 6.18 Å². The van der Waals surface area contributed by atoms with Crippen molar-refractivity contribution in [1.29, 1.82) is 0 Å². The van der Waals surface area contributed by atoms with E-state index in [4.69, 9.17) is 11.6 Å². The summed E-state index contributed by atoms with van der Waals surface area (Å²) in [5.74, 6) is 0.322. The second-order valence-electron chi connectivity index (χ2n) is 6.13. The van der Waals surface area contributed by atoms with Crippen LogP contribution < -0.4 is 15.5 Å². The van der Waals surface area contributed by atoms with Crippen LogP contribution in [0.3, 0.4) is 0 Å². The van der Waals surface area contributed by atoms with Crippen molar-refractivity contribution in [2.75, 3.05) is 23.3 Å². The Morgan fingerprint density at radius 3 is 2.59 bits per heavy atom. The van der Waals surface area contributed by atoms with Gasteiger partial charge in [0, 0.05) is 31.5 Å². The van der Waals surface area contributed by atoms with Crippen LogP contribution in [0.4, 0.5) is 29.5 Å². The Bertz CT molecular complexity index is 795. The molecule has 2 aromatic rings. The van der Waals surface area contributed by atoms with E-state index < -0.39 is 11.7 Å². The summed E-state index contributed by atoms with van der Waals surface area (Å²) in [6.07, 6.45) is 0.708. The first-order valence-electron chi connectivity index (χ1n) is 8.28. The van der Waals surface area contributed by atoms with E-state index in [-0.39, 0.29) is 17.1 Å². The average Bonchev–Trinajstić information content (AvgIpc) is 2.62. The number of carbonyl (C=O) groups excluding carboxylic acids is 1. The van der Waals surface area contributed by atoms with E-state index in [0.29, 0.717) is 37.4 Å². The molecule has 0 radical (unpaired) electrons. The van der Waals surface area contributed by atoms with Gasteiger partial charge in [-0.15, -0.1) is 0 Å². The number of carbonyl (C=O) groups is 1. The number of nitrogens with one attached hydrogen (secondary N) is 2. The first kappa shape index (κ1) is 19.2. The third kappa shape index (κ3) is 5.00. The van der Waals surface area contributed by atoms with Gasteiger partial charge in [-0.1, -0.05) is 11.6 Å². The zero-order chi connectivity index (χ0) is 19.4. The molecular formula is C17H17ClF3N5O. The van der Waals surface area contributed by atoms with Crippen LogP contribution >= 0.6 is 11.6 Å². The number of urea groups is 1. The third-order valence-electron chi connectivity index (χ3n) is 4.20. The smallest absolute Gasteiger partial charge is 0.355 e. The van der Waals surface area contributed by atoms with Gasteiger partial charge >= 0.3 is 12.2 Å². The molecule has 1 aliphatic rings. The Kier molecular flexibility index (Phi) is 5.69. The van der Waals surface area contributed by atoms with Gasteiger partial charge in [0.15, 0.2) is 0 Å². The quantitative estimate of drug-likeness (QED) is 0.820. The zero-order valence-electron chi connectivity index (χ0n) is 14.1. The Hall–Kier alpha value is -2.55. The summed E-state index contributed by atoms with van der Waals surface area (Å²) >= 11 is 5.99. The van der Waals surface area contributed by atoms with E-state index in [1.165, 1.54) is 0 Å². The van der Waals surface area contributed by atoms with Crippen LogP contribution in [0.15, 0.2) is 36.8 Å². The highest BCUT2D eigenvalue weighted by atomic mass is 35.5. The molecule has 0 spiro atoms. The monoisotopic (exact) mass is 399 g/mol. The van der Waals surface area contributed by atoms with Crippen molar-refractivity contribution in [2.45, 2.75) is 25.1 Å². The number of nitrogens with zero attached hydrogens (tertiary/aromatic N) is 3. The van der Waals surface area contributed by atoms with E-state index >= 15 is 0 Å². The summed E-state index contributed by atoms with van der Waals surface area (Å²) in [6, 6.07) is 3.95. The van der Waals surface area contributed by atoms with Gasteiger partial charge in [-0.2, -0.15) is 13.2 Å². The van der Waals surface area contributed by atoms with Crippen LogP contribution in [0.25, 0.3) is 0 Å². The molecule has 2 aromatic heterocycles. The van der Waals surface area contributed by atoms with Gasteiger partial charge in [0.1, 0.15) is 5.82 Å². The van der Waals surface area contributed by atoms with E-state index in [1.807, 2.05) is 4.90 Å². The van der Waals surface area contributed by atoms with Crippen molar-refractivity contribution in [2.24, 2.45) is 0 Å². The lowest BCUT2D eigenvalue weighted by molar-refractivity contribution is -0.137.